The van der Waals surface area contributed by atoms with E-state index in [9.17, 15) is 13.2 Å². The van der Waals surface area contributed by atoms with E-state index in [1.165, 1.54) is 21.9 Å². The van der Waals surface area contributed by atoms with E-state index in [0.717, 1.165) is 25.8 Å². The van der Waals surface area contributed by atoms with Crippen LogP contribution >= 0.6 is 22.7 Å². The van der Waals surface area contributed by atoms with E-state index >= 15 is 0 Å². The van der Waals surface area contributed by atoms with E-state index in [1.807, 2.05) is 35.7 Å². The first kappa shape index (κ1) is 18.5. The van der Waals surface area contributed by atoms with Crippen LogP contribution in [0.4, 0.5) is 5.00 Å². The fourth-order valence-electron chi connectivity index (χ4n) is 3.23. The van der Waals surface area contributed by atoms with Crippen LogP contribution in [0.1, 0.15) is 12.8 Å². The average molecular weight is 422 g/mol. The van der Waals surface area contributed by atoms with Crippen LogP contribution in [0.25, 0.3) is 20.8 Å². The Bertz CT molecular complexity index is 1050. The zero-order valence-corrected chi connectivity index (χ0v) is 17.2. The van der Waals surface area contributed by atoms with Gasteiger partial charge in [-0.1, -0.05) is 12.1 Å². The number of nitrogens with zero attached hydrogens (tertiary/aromatic N) is 2. The molecule has 0 saturated carbocycles. The lowest BCUT2D eigenvalue weighted by atomic mass is 9.99. The highest BCUT2D eigenvalue weighted by atomic mass is 32.2. The number of anilines is 1. The molecule has 0 spiro atoms. The number of fused-ring (bicyclic) bond motifs is 1. The molecule has 1 aliphatic rings. The number of thiazole rings is 1. The fraction of sp³-hybridized carbons (Fsp3) is 0.333. The van der Waals surface area contributed by atoms with Gasteiger partial charge in [-0.2, -0.15) is 0 Å². The number of carbonyl (C=O) groups excluding carboxylic acids is 1. The summed E-state index contributed by atoms with van der Waals surface area (Å²) in [5, 5.41) is 6.56. The summed E-state index contributed by atoms with van der Waals surface area (Å²) < 4.78 is 26.1. The summed E-state index contributed by atoms with van der Waals surface area (Å²) in [5.41, 5.74) is 1.85. The maximum absolute atomic E-state index is 12.8. The van der Waals surface area contributed by atoms with Crippen molar-refractivity contribution in [1.29, 1.82) is 0 Å². The molecule has 4 rings (SSSR count). The Balaban J connectivity index is 1.54. The van der Waals surface area contributed by atoms with Gasteiger partial charge in [0.05, 0.1) is 22.4 Å². The SMILES string of the molecule is CS(=O)(=O)N1CCC[C@H](C(=O)Nc2sccc2-c2nc3ccccc3s2)C1. The number of nitrogens with one attached hydrogen (secondary N) is 1. The number of aromatic nitrogens is 1. The summed E-state index contributed by atoms with van der Waals surface area (Å²) in [6.07, 6.45) is 2.58. The first-order valence-electron chi connectivity index (χ1n) is 8.61. The topological polar surface area (TPSA) is 79.4 Å². The largest absolute Gasteiger partial charge is 0.317 e. The van der Waals surface area contributed by atoms with Crippen LogP contribution in [-0.2, 0) is 14.8 Å². The number of carbonyl (C=O) groups is 1. The van der Waals surface area contributed by atoms with Crippen molar-refractivity contribution in [3.8, 4) is 10.6 Å². The van der Waals surface area contributed by atoms with Gasteiger partial charge in [0.1, 0.15) is 10.0 Å². The van der Waals surface area contributed by atoms with E-state index in [0.29, 0.717) is 19.4 Å². The molecule has 0 unspecified atom stereocenters. The predicted octanol–water partition coefficient (Wildman–Crippen LogP) is 3.63. The molecule has 1 aromatic carbocycles. The number of hydrogen-bond acceptors (Lipinski definition) is 6. The van der Waals surface area contributed by atoms with Crippen molar-refractivity contribution >= 4 is 53.8 Å². The number of benzene rings is 1. The Morgan fingerprint density at radius 2 is 2.11 bits per heavy atom. The second-order valence-electron chi connectivity index (χ2n) is 6.60. The first-order chi connectivity index (χ1) is 12.9. The van der Waals surface area contributed by atoms with Gasteiger partial charge >= 0.3 is 0 Å². The van der Waals surface area contributed by atoms with Gasteiger partial charge in [-0.3, -0.25) is 4.79 Å². The van der Waals surface area contributed by atoms with Gasteiger partial charge in [0.25, 0.3) is 0 Å². The number of hydrogen-bond donors (Lipinski definition) is 1. The Kier molecular flexibility index (Phi) is 5.02. The summed E-state index contributed by atoms with van der Waals surface area (Å²) >= 11 is 3.05. The third-order valence-electron chi connectivity index (χ3n) is 4.65. The molecule has 142 valence electrons. The molecule has 1 saturated heterocycles. The average Bonchev–Trinajstić information content (AvgIpc) is 3.27. The highest BCUT2D eigenvalue weighted by Gasteiger charge is 2.30. The van der Waals surface area contributed by atoms with Crippen molar-refractivity contribution in [2.75, 3.05) is 24.7 Å². The van der Waals surface area contributed by atoms with Gasteiger partial charge in [0, 0.05) is 18.7 Å². The monoisotopic (exact) mass is 421 g/mol. The van der Waals surface area contributed by atoms with E-state index < -0.39 is 10.0 Å². The molecule has 0 radical (unpaired) electrons. The maximum Gasteiger partial charge on any atom is 0.229 e. The molecule has 1 fully saturated rings. The predicted molar refractivity (Wildman–Crippen MR) is 111 cm³/mol. The van der Waals surface area contributed by atoms with Gasteiger partial charge in [-0.25, -0.2) is 17.7 Å². The second kappa shape index (κ2) is 7.31. The third-order valence-corrected chi connectivity index (χ3v) is 7.82. The van der Waals surface area contributed by atoms with Gasteiger partial charge in [-0.15, -0.1) is 22.7 Å². The van der Waals surface area contributed by atoms with Crippen LogP contribution in [0.5, 0.6) is 0 Å². The number of piperidine rings is 1. The number of rotatable bonds is 4. The molecule has 3 aromatic rings. The van der Waals surface area contributed by atoms with E-state index in [4.69, 9.17) is 0 Å². The zero-order chi connectivity index (χ0) is 19.0. The van der Waals surface area contributed by atoms with Gasteiger partial charge in [-0.05, 0) is 36.4 Å². The molecule has 3 heterocycles. The van der Waals surface area contributed by atoms with Crippen LogP contribution in [0.3, 0.4) is 0 Å². The minimum Gasteiger partial charge on any atom is -0.317 e. The molecule has 0 aliphatic carbocycles. The van der Waals surface area contributed by atoms with Crippen LogP contribution in [0, 0.1) is 5.92 Å². The van der Waals surface area contributed by atoms with Crippen molar-refractivity contribution < 1.29 is 13.2 Å². The summed E-state index contributed by atoms with van der Waals surface area (Å²) in [5.74, 6) is -0.466. The number of amides is 1. The van der Waals surface area contributed by atoms with Crippen LogP contribution < -0.4 is 5.32 Å². The molecular weight excluding hydrogens is 402 g/mol. The third kappa shape index (κ3) is 3.91. The molecule has 2 aromatic heterocycles. The van der Waals surface area contributed by atoms with Gasteiger partial charge in [0.2, 0.25) is 15.9 Å². The van der Waals surface area contributed by atoms with Crippen LogP contribution in [-0.4, -0.2) is 43.0 Å². The molecule has 1 amide bonds. The highest BCUT2D eigenvalue weighted by molar-refractivity contribution is 7.88. The second-order valence-corrected chi connectivity index (χ2v) is 10.5. The smallest absolute Gasteiger partial charge is 0.229 e. The van der Waals surface area contributed by atoms with Crippen molar-refractivity contribution in [1.82, 2.24) is 9.29 Å². The molecular formula is C18H19N3O3S3. The Labute approximate surface area is 165 Å². The van der Waals surface area contributed by atoms with Crippen LogP contribution in [0.2, 0.25) is 0 Å². The van der Waals surface area contributed by atoms with Gasteiger partial charge in [0.15, 0.2) is 0 Å². The number of thiophene rings is 1. The Morgan fingerprint density at radius 3 is 2.89 bits per heavy atom. The van der Waals surface area contributed by atoms with Crippen molar-refractivity contribution in [2.45, 2.75) is 12.8 Å². The zero-order valence-electron chi connectivity index (χ0n) is 14.7. The van der Waals surface area contributed by atoms with E-state index in [-0.39, 0.29) is 18.4 Å². The lowest BCUT2D eigenvalue weighted by Crippen LogP contribution is -2.43. The summed E-state index contributed by atoms with van der Waals surface area (Å²) in [7, 11) is -3.27. The number of para-hydroxylation sites is 1. The quantitative estimate of drug-likeness (QED) is 0.698. The molecule has 27 heavy (non-hydrogen) atoms. The molecule has 0 bridgehead atoms. The molecule has 6 nitrogen and oxygen atoms in total. The molecule has 9 heteroatoms. The van der Waals surface area contributed by atoms with Gasteiger partial charge < -0.3 is 5.32 Å². The number of sulfonamides is 1. The summed E-state index contributed by atoms with van der Waals surface area (Å²) in [6, 6.07) is 9.91. The maximum atomic E-state index is 12.8. The summed E-state index contributed by atoms with van der Waals surface area (Å²) in [4.78, 5) is 17.4. The van der Waals surface area contributed by atoms with E-state index in [2.05, 4.69) is 10.3 Å². The minimum atomic E-state index is -3.27. The van der Waals surface area contributed by atoms with Crippen LogP contribution in [0.15, 0.2) is 35.7 Å². The first-order valence-corrected chi connectivity index (χ1v) is 12.2. The molecule has 1 N–H and O–H groups in total. The van der Waals surface area contributed by atoms with Crippen molar-refractivity contribution in [3.63, 3.8) is 0 Å². The van der Waals surface area contributed by atoms with E-state index in [1.54, 1.807) is 11.3 Å². The van der Waals surface area contributed by atoms with Crippen molar-refractivity contribution in [2.24, 2.45) is 5.92 Å². The molecule has 1 aliphatic heterocycles. The lowest BCUT2D eigenvalue weighted by Gasteiger charge is -2.30. The molecule has 1 atom stereocenters. The minimum absolute atomic E-state index is 0.131. The fourth-order valence-corrected chi connectivity index (χ4v) is 6.00. The Morgan fingerprint density at radius 1 is 1.30 bits per heavy atom. The highest BCUT2D eigenvalue weighted by Crippen LogP contribution is 2.38. The summed E-state index contributed by atoms with van der Waals surface area (Å²) in [6.45, 7) is 0.727. The Hall–Kier alpha value is -1.81. The lowest BCUT2D eigenvalue weighted by molar-refractivity contribution is -0.120. The normalized spacial score (nSPS) is 18.6. The standard InChI is InChI=1S/C18H19N3O3S3/c1-27(23,24)21-9-4-5-12(11-21)16(22)20-17-13(8-10-25-17)18-19-14-6-2-3-7-15(14)26-18/h2-3,6-8,10,12H,4-5,9,11H2,1H3,(H,20,22)/t12-/m0/s1. The van der Waals surface area contributed by atoms with Crippen molar-refractivity contribution in [3.05, 3.63) is 35.7 Å².